The van der Waals surface area contributed by atoms with E-state index in [1.54, 1.807) is 0 Å². The predicted octanol–water partition coefficient (Wildman–Crippen LogP) is 2.72. The number of thioether (sulfide) groups is 1. The SMILES string of the molecule is CSCCC[C@@H](CC(C)C=O)NC(C)C. The number of nitrogens with one attached hydrogen (secondary N) is 1. The van der Waals surface area contributed by atoms with Gasteiger partial charge in [-0.15, -0.1) is 0 Å². The van der Waals surface area contributed by atoms with Gasteiger partial charge in [0.2, 0.25) is 0 Å². The maximum Gasteiger partial charge on any atom is 0.122 e. The van der Waals surface area contributed by atoms with Gasteiger partial charge < -0.3 is 10.1 Å². The first-order chi connectivity index (χ1) is 7.10. The summed E-state index contributed by atoms with van der Waals surface area (Å²) in [6, 6.07) is 1.00. The molecule has 0 heterocycles. The molecule has 0 spiro atoms. The summed E-state index contributed by atoms with van der Waals surface area (Å²) in [5.41, 5.74) is 0. The second-order valence-corrected chi connectivity index (χ2v) is 5.49. The van der Waals surface area contributed by atoms with Crippen molar-refractivity contribution >= 4 is 18.0 Å². The van der Waals surface area contributed by atoms with Crippen LogP contribution in [0.5, 0.6) is 0 Å². The van der Waals surface area contributed by atoms with Crippen LogP contribution in [0, 0.1) is 5.92 Å². The molecule has 0 aromatic rings. The summed E-state index contributed by atoms with van der Waals surface area (Å²) < 4.78 is 0. The first-order valence-electron chi connectivity index (χ1n) is 5.80. The molecule has 0 aliphatic carbocycles. The number of hydrogen-bond acceptors (Lipinski definition) is 3. The van der Waals surface area contributed by atoms with E-state index in [2.05, 4.69) is 25.4 Å². The van der Waals surface area contributed by atoms with Crippen molar-refractivity contribution < 1.29 is 4.79 Å². The normalized spacial score (nSPS) is 15.3. The lowest BCUT2D eigenvalue weighted by molar-refractivity contribution is -0.111. The van der Waals surface area contributed by atoms with Crippen molar-refractivity contribution in [2.24, 2.45) is 5.92 Å². The molecule has 0 rings (SSSR count). The molecule has 0 radical (unpaired) electrons. The number of carbonyl (C=O) groups excluding carboxylic acids is 1. The molecule has 0 saturated heterocycles. The number of aldehydes is 1. The van der Waals surface area contributed by atoms with Crippen molar-refractivity contribution in [1.82, 2.24) is 5.32 Å². The molecule has 0 amide bonds. The monoisotopic (exact) mass is 231 g/mol. The molecule has 0 aliphatic heterocycles. The standard InChI is InChI=1S/C12H25NOS/c1-10(2)13-12(6-5-7-15-4)8-11(3)9-14/h9-13H,5-8H2,1-4H3/t11?,12-/m0/s1. The number of hydrogen-bond donors (Lipinski definition) is 1. The fourth-order valence-corrected chi connectivity index (χ4v) is 2.17. The highest BCUT2D eigenvalue weighted by atomic mass is 32.2. The van der Waals surface area contributed by atoms with Crippen molar-refractivity contribution in [1.29, 1.82) is 0 Å². The van der Waals surface area contributed by atoms with Crippen LogP contribution in [0.1, 0.15) is 40.0 Å². The van der Waals surface area contributed by atoms with Gasteiger partial charge in [0.1, 0.15) is 6.29 Å². The van der Waals surface area contributed by atoms with Gasteiger partial charge in [-0.2, -0.15) is 11.8 Å². The molecule has 0 saturated carbocycles. The molecule has 3 heteroatoms. The van der Waals surface area contributed by atoms with E-state index in [0.29, 0.717) is 12.1 Å². The Kier molecular flexibility index (Phi) is 9.21. The highest BCUT2D eigenvalue weighted by molar-refractivity contribution is 7.98. The van der Waals surface area contributed by atoms with Crippen LogP contribution in [-0.4, -0.2) is 30.4 Å². The van der Waals surface area contributed by atoms with Crippen molar-refractivity contribution in [2.45, 2.75) is 52.1 Å². The summed E-state index contributed by atoms with van der Waals surface area (Å²) in [6.45, 7) is 6.32. The lowest BCUT2D eigenvalue weighted by Crippen LogP contribution is -2.36. The Morgan fingerprint density at radius 3 is 2.47 bits per heavy atom. The van der Waals surface area contributed by atoms with Crippen LogP contribution in [0.3, 0.4) is 0 Å². The lowest BCUT2D eigenvalue weighted by Gasteiger charge is -2.22. The van der Waals surface area contributed by atoms with E-state index in [-0.39, 0.29) is 5.92 Å². The number of carbonyl (C=O) groups is 1. The van der Waals surface area contributed by atoms with Crippen LogP contribution in [0.15, 0.2) is 0 Å². The van der Waals surface area contributed by atoms with Crippen molar-refractivity contribution in [3.05, 3.63) is 0 Å². The molecule has 2 nitrogen and oxygen atoms in total. The fourth-order valence-electron chi connectivity index (χ4n) is 1.72. The smallest absolute Gasteiger partial charge is 0.122 e. The van der Waals surface area contributed by atoms with Crippen LogP contribution >= 0.6 is 11.8 Å². The van der Waals surface area contributed by atoms with Gasteiger partial charge >= 0.3 is 0 Å². The van der Waals surface area contributed by atoms with E-state index in [1.807, 2.05) is 18.7 Å². The molecule has 15 heavy (non-hydrogen) atoms. The highest BCUT2D eigenvalue weighted by Crippen LogP contribution is 2.11. The topological polar surface area (TPSA) is 29.1 Å². The van der Waals surface area contributed by atoms with E-state index in [4.69, 9.17) is 0 Å². The first-order valence-corrected chi connectivity index (χ1v) is 7.19. The largest absolute Gasteiger partial charge is 0.312 e. The van der Waals surface area contributed by atoms with Gasteiger partial charge in [0, 0.05) is 18.0 Å². The average molecular weight is 231 g/mol. The van der Waals surface area contributed by atoms with Crippen LogP contribution in [0.2, 0.25) is 0 Å². The van der Waals surface area contributed by atoms with Crippen LogP contribution in [0.4, 0.5) is 0 Å². The van der Waals surface area contributed by atoms with E-state index in [9.17, 15) is 4.79 Å². The minimum absolute atomic E-state index is 0.176. The van der Waals surface area contributed by atoms with Crippen LogP contribution in [-0.2, 0) is 4.79 Å². The molecule has 0 aliphatic rings. The molecular formula is C12H25NOS. The average Bonchev–Trinajstić information content (AvgIpc) is 2.17. The third-order valence-corrected chi connectivity index (χ3v) is 3.06. The maximum atomic E-state index is 10.6. The molecule has 0 aromatic heterocycles. The molecule has 1 unspecified atom stereocenters. The summed E-state index contributed by atoms with van der Waals surface area (Å²) in [5, 5.41) is 3.54. The van der Waals surface area contributed by atoms with Crippen LogP contribution < -0.4 is 5.32 Å². The van der Waals surface area contributed by atoms with Crippen molar-refractivity contribution in [3.63, 3.8) is 0 Å². The lowest BCUT2D eigenvalue weighted by atomic mass is 9.99. The zero-order valence-electron chi connectivity index (χ0n) is 10.5. The molecular weight excluding hydrogens is 206 g/mol. The Labute approximate surface area is 98.6 Å². The maximum absolute atomic E-state index is 10.6. The molecule has 2 atom stereocenters. The van der Waals surface area contributed by atoms with E-state index < -0.39 is 0 Å². The van der Waals surface area contributed by atoms with Crippen LogP contribution in [0.25, 0.3) is 0 Å². The van der Waals surface area contributed by atoms with Gasteiger partial charge in [-0.1, -0.05) is 20.8 Å². The number of rotatable bonds is 9. The summed E-state index contributed by atoms with van der Waals surface area (Å²) in [6.07, 6.45) is 6.58. The molecule has 0 aromatic carbocycles. The Bertz CT molecular complexity index is 162. The first kappa shape index (κ1) is 15.0. The van der Waals surface area contributed by atoms with Gasteiger partial charge in [-0.25, -0.2) is 0 Å². The van der Waals surface area contributed by atoms with Gasteiger partial charge in [0.25, 0.3) is 0 Å². The van der Waals surface area contributed by atoms with E-state index in [1.165, 1.54) is 18.6 Å². The van der Waals surface area contributed by atoms with E-state index >= 15 is 0 Å². The summed E-state index contributed by atoms with van der Waals surface area (Å²) in [4.78, 5) is 10.6. The summed E-state index contributed by atoms with van der Waals surface area (Å²) in [7, 11) is 0. The Balaban J connectivity index is 3.88. The molecule has 0 bridgehead atoms. The second-order valence-electron chi connectivity index (χ2n) is 4.50. The third-order valence-electron chi connectivity index (χ3n) is 2.36. The second kappa shape index (κ2) is 9.22. The third kappa shape index (κ3) is 8.94. The zero-order valence-corrected chi connectivity index (χ0v) is 11.3. The van der Waals surface area contributed by atoms with E-state index in [0.717, 1.165) is 12.7 Å². The van der Waals surface area contributed by atoms with Gasteiger partial charge in [-0.3, -0.25) is 0 Å². The van der Waals surface area contributed by atoms with Crippen molar-refractivity contribution in [3.8, 4) is 0 Å². The molecule has 0 fully saturated rings. The highest BCUT2D eigenvalue weighted by Gasteiger charge is 2.13. The molecule has 90 valence electrons. The Morgan fingerprint density at radius 2 is 2.00 bits per heavy atom. The molecule has 1 N–H and O–H groups in total. The summed E-state index contributed by atoms with van der Waals surface area (Å²) >= 11 is 1.89. The van der Waals surface area contributed by atoms with Crippen molar-refractivity contribution in [2.75, 3.05) is 12.0 Å². The minimum Gasteiger partial charge on any atom is -0.312 e. The quantitative estimate of drug-likeness (QED) is 0.489. The predicted molar refractivity (Wildman–Crippen MR) is 69.5 cm³/mol. The Morgan fingerprint density at radius 1 is 1.33 bits per heavy atom. The van der Waals surface area contributed by atoms with Gasteiger partial charge in [0.05, 0.1) is 0 Å². The zero-order chi connectivity index (χ0) is 11.7. The van der Waals surface area contributed by atoms with Gasteiger partial charge in [-0.05, 0) is 31.3 Å². The van der Waals surface area contributed by atoms with Gasteiger partial charge in [0.15, 0.2) is 0 Å². The minimum atomic E-state index is 0.176. The Hall–Kier alpha value is -0.0200. The summed E-state index contributed by atoms with van der Waals surface area (Å²) in [5.74, 6) is 1.39. The fraction of sp³-hybridized carbons (Fsp3) is 0.917.